The molecule has 0 radical (unpaired) electrons. The van der Waals surface area contributed by atoms with Crippen LogP contribution in [0.5, 0.6) is 0 Å². The molecule has 2 amide bonds. The zero-order chi connectivity index (χ0) is 25.3. The zero-order valence-electron chi connectivity index (χ0n) is 20.1. The number of rotatable bonds is 5. The van der Waals surface area contributed by atoms with E-state index in [1.165, 1.54) is 9.31 Å². The van der Waals surface area contributed by atoms with Gasteiger partial charge in [0.15, 0.2) is 0 Å². The lowest BCUT2D eigenvalue weighted by Crippen LogP contribution is -2.46. The Bertz CT molecular complexity index is 1360. The van der Waals surface area contributed by atoms with Gasteiger partial charge in [-0.25, -0.2) is 23.1 Å². The molecule has 0 atom stereocenters. The highest BCUT2D eigenvalue weighted by molar-refractivity contribution is 7.89. The summed E-state index contributed by atoms with van der Waals surface area (Å²) in [5.74, 6) is -0.497. The highest BCUT2D eigenvalue weighted by atomic mass is 32.2. The zero-order valence-corrected chi connectivity index (χ0v) is 20.9. The van der Waals surface area contributed by atoms with Gasteiger partial charge in [-0.1, -0.05) is 53.2 Å². The summed E-state index contributed by atoms with van der Waals surface area (Å²) in [4.78, 5) is 25.2. The van der Waals surface area contributed by atoms with Gasteiger partial charge in [0, 0.05) is 25.9 Å². The Labute approximate surface area is 210 Å². The van der Waals surface area contributed by atoms with Crippen LogP contribution >= 0.6 is 0 Å². The Hall–Kier alpha value is -3.41. The topological polar surface area (TPSA) is 109 Å². The SMILES string of the molecule is Cc1ccc(S(=O)(=O)N2CCCN(N3C(=O)CCC3=O)Cc3nnn(Cc4ccccc4)c3C2)cc1. The monoisotopic (exact) mass is 508 g/mol. The minimum Gasteiger partial charge on any atom is -0.273 e. The van der Waals surface area contributed by atoms with Crippen LogP contribution in [0, 0.1) is 6.92 Å². The Morgan fingerprint density at radius 3 is 2.28 bits per heavy atom. The summed E-state index contributed by atoms with van der Waals surface area (Å²) < 4.78 is 30.5. The standard InChI is InChI=1S/C25H28N6O4S/c1-19-8-10-21(11-9-19)36(34,35)29-15-5-14-28(31-24(32)12-13-25(31)33)17-22-23(18-29)30(27-26-22)16-20-6-3-2-4-7-20/h2-4,6-11H,5,12-18H2,1H3. The van der Waals surface area contributed by atoms with E-state index in [0.717, 1.165) is 11.1 Å². The first-order valence-corrected chi connectivity index (χ1v) is 13.4. The van der Waals surface area contributed by atoms with Crippen molar-refractivity contribution in [3.63, 3.8) is 0 Å². The van der Waals surface area contributed by atoms with Gasteiger partial charge in [-0.15, -0.1) is 5.10 Å². The maximum absolute atomic E-state index is 13.7. The number of hydrazine groups is 1. The summed E-state index contributed by atoms with van der Waals surface area (Å²) in [6.07, 6.45) is 0.798. The molecular weight excluding hydrogens is 480 g/mol. The molecule has 36 heavy (non-hydrogen) atoms. The Morgan fingerprint density at radius 2 is 1.58 bits per heavy atom. The summed E-state index contributed by atoms with van der Waals surface area (Å²) in [6, 6.07) is 16.5. The number of benzene rings is 2. The summed E-state index contributed by atoms with van der Waals surface area (Å²) in [6.45, 7) is 3.16. The third-order valence-electron chi connectivity index (χ3n) is 6.54. The highest BCUT2D eigenvalue weighted by Gasteiger charge is 2.36. The minimum absolute atomic E-state index is 0.0844. The van der Waals surface area contributed by atoms with Crippen molar-refractivity contribution in [2.24, 2.45) is 0 Å². The fourth-order valence-electron chi connectivity index (χ4n) is 4.59. The summed E-state index contributed by atoms with van der Waals surface area (Å²) in [7, 11) is -3.80. The van der Waals surface area contributed by atoms with Crippen LogP contribution in [0.25, 0.3) is 0 Å². The smallest absolute Gasteiger partial charge is 0.244 e. The van der Waals surface area contributed by atoms with E-state index < -0.39 is 10.0 Å². The maximum atomic E-state index is 13.7. The average molecular weight is 509 g/mol. The molecule has 0 bridgehead atoms. The van der Waals surface area contributed by atoms with Crippen LogP contribution < -0.4 is 0 Å². The van der Waals surface area contributed by atoms with Crippen molar-refractivity contribution >= 4 is 21.8 Å². The molecule has 1 aromatic heterocycles. The Morgan fingerprint density at radius 1 is 0.889 bits per heavy atom. The third-order valence-corrected chi connectivity index (χ3v) is 8.40. The lowest BCUT2D eigenvalue weighted by Gasteiger charge is -2.29. The number of amides is 2. The van der Waals surface area contributed by atoms with Gasteiger partial charge in [-0.2, -0.15) is 4.31 Å². The molecule has 2 aromatic carbocycles. The van der Waals surface area contributed by atoms with E-state index in [1.54, 1.807) is 34.0 Å². The summed E-state index contributed by atoms with van der Waals surface area (Å²) in [5.41, 5.74) is 3.16. The second-order valence-corrected chi connectivity index (χ2v) is 11.1. The fourth-order valence-corrected chi connectivity index (χ4v) is 6.03. The van der Waals surface area contributed by atoms with Crippen molar-refractivity contribution in [1.29, 1.82) is 0 Å². The van der Waals surface area contributed by atoms with E-state index in [1.807, 2.05) is 37.3 Å². The normalized spacial score (nSPS) is 18.1. The van der Waals surface area contributed by atoms with Gasteiger partial charge in [-0.3, -0.25) is 9.59 Å². The van der Waals surface area contributed by atoms with Crippen molar-refractivity contribution < 1.29 is 18.0 Å². The van der Waals surface area contributed by atoms with Gasteiger partial charge in [0.2, 0.25) is 21.8 Å². The molecule has 0 saturated carbocycles. The molecule has 2 aliphatic rings. The number of hydrogen-bond donors (Lipinski definition) is 0. The largest absolute Gasteiger partial charge is 0.273 e. The van der Waals surface area contributed by atoms with Crippen molar-refractivity contribution in [2.45, 2.75) is 50.7 Å². The van der Waals surface area contributed by atoms with E-state index >= 15 is 0 Å². The molecule has 0 unspecified atom stereocenters. The van der Waals surface area contributed by atoms with Crippen molar-refractivity contribution in [3.8, 4) is 0 Å². The molecule has 1 fully saturated rings. The molecule has 188 valence electrons. The molecule has 0 aliphatic carbocycles. The third kappa shape index (κ3) is 4.81. The number of aryl methyl sites for hydroxylation is 1. The molecule has 2 aliphatic heterocycles. The van der Waals surface area contributed by atoms with E-state index in [0.29, 0.717) is 30.9 Å². The predicted octanol–water partition coefficient (Wildman–Crippen LogP) is 2.10. The van der Waals surface area contributed by atoms with Gasteiger partial charge in [0.05, 0.1) is 30.2 Å². The van der Waals surface area contributed by atoms with Crippen molar-refractivity contribution in [3.05, 3.63) is 77.1 Å². The molecule has 10 nitrogen and oxygen atoms in total. The molecule has 5 rings (SSSR count). The molecule has 3 heterocycles. The number of aromatic nitrogens is 3. The second-order valence-electron chi connectivity index (χ2n) is 9.12. The molecule has 1 saturated heterocycles. The van der Waals surface area contributed by atoms with E-state index in [9.17, 15) is 18.0 Å². The fraction of sp³-hybridized carbons (Fsp3) is 0.360. The van der Waals surface area contributed by atoms with Crippen molar-refractivity contribution in [1.82, 2.24) is 29.3 Å². The van der Waals surface area contributed by atoms with E-state index in [-0.39, 0.29) is 49.2 Å². The molecule has 3 aromatic rings. The highest BCUT2D eigenvalue weighted by Crippen LogP contribution is 2.25. The van der Waals surface area contributed by atoms with Crippen LogP contribution in [-0.4, -0.2) is 62.6 Å². The molecular formula is C25H28N6O4S. The Balaban J connectivity index is 1.53. The van der Waals surface area contributed by atoms with E-state index in [2.05, 4.69) is 10.3 Å². The van der Waals surface area contributed by atoms with Crippen LogP contribution in [0.15, 0.2) is 59.5 Å². The number of carbonyl (C=O) groups excluding carboxylic acids is 2. The lowest BCUT2D eigenvalue weighted by molar-refractivity contribution is -0.158. The maximum Gasteiger partial charge on any atom is 0.244 e. The average Bonchev–Trinajstić information content (AvgIpc) is 3.41. The number of carbonyl (C=O) groups is 2. The molecule has 0 N–H and O–H groups in total. The molecule has 11 heteroatoms. The minimum atomic E-state index is -3.80. The van der Waals surface area contributed by atoms with Crippen LogP contribution in [0.3, 0.4) is 0 Å². The number of nitrogens with zero attached hydrogens (tertiary/aromatic N) is 6. The van der Waals surface area contributed by atoms with Gasteiger partial charge < -0.3 is 0 Å². The van der Waals surface area contributed by atoms with Gasteiger partial charge >= 0.3 is 0 Å². The van der Waals surface area contributed by atoms with E-state index in [4.69, 9.17) is 0 Å². The van der Waals surface area contributed by atoms with Crippen LogP contribution in [0.1, 0.15) is 41.8 Å². The van der Waals surface area contributed by atoms with Crippen LogP contribution in [-0.2, 0) is 39.2 Å². The first kappa shape index (κ1) is 24.3. The summed E-state index contributed by atoms with van der Waals surface area (Å²) >= 11 is 0. The van der Waals surface area contributed by atoms with Gasteiger partial charge in [-0.05, 0) is 31.0 Å². The number of fused-ring (bicyclic) bond motifs is 1. The first-order chi connectivity index (χ1) is 17.3. The second kappa shape index (κ2) is 9.92. The number of hydrogen-bond acceptors (Lipinski definition) is 7. The van der Waals surface area contributed by atoms with Gasteiger partial charge in [0.1, 0.15) is 5.69 Å². The van der Waals surface area contributed by atoms with Crippen LogP contribution in [0.4, 0.5) is 0 Å². The Kier molecular flexibility index (Phi) is 6.69. The summed E-state index contributed by atoms with van der Waals surface area (Å²) in [5, 5.41) is 11.6. The number of sulfonamides is 1. The lowest BCUT2D eigenvalue weighted by atomic mass is 10.2. The van der Waals surface area contributed by atoms with Crippen molar-refractivity contribution in [2.75, 3.05) is 13.1 Å². The van der Waals surface area contributed by atoms with Gasteiger partial charge in [0.25, 0.3) is 0 Å². The number of imide groups is 1. The first-order valence-electron chi connectivity index (χ1n) is 12.0. The quantitative estimate of drug-likeness (QED) is 0.486. The molecule has 0 spiro atoms. The van der Waals surface area contributed by atoms with Crippen LogP contribution in [0.2, 0.25) is 0 Å². The predicted molar refractivity (Wildman–Crippen MR) is 130 cm³/mol.